The van der Waals surface area contributed by atoms with Gasteiger partial charge in [-0.15, -0.1) is 11.3 Å². The molecular weight excluding hydrogens is 330 g/mol. The molecule has 3 rings (SSSR count). The molecule has 0 aliphatic carbocycles. The Hall–Kier alpha value is -1.51. The zero-order valence-electron chi connectivity index (χ0n) is 13.9. The second kappa shape index (κ2) is 8.04. The lowest BCUT2D eigenvalue weighted by atomic mass is 9.97. The number of methoxy groups -OCH3 is 1. The highest BCUT2D eigenvalue weighted by molar-refractivity contribution is 7.09. The number of carbonyl (C=O) groups is 2. The summed E-state index contributed by atoms with van der Waals surface area (Å²) in [7, 11) is 1.41. The summed E-state index contributed by atoms with van der Waals surface area (Å²) in [6.45, 7) is 5.25. The van der Waals surface area contributed by atoms with Crippen molar-refractivity contribution in [1.29, 1.82) is 0 Å². The third-order valence-electron chi connectivity index (χ3n) is 4.55. The summed E-state index contributed by atoms with van der Waals surface area (Å²) in [5, 5.41) is 2.80. The lowest BCUT2D eigenvalue weighted by Crippen LogP contribution is -2.40. The summed E-state index contributed by atoms with van der Waals surface area (Å²) in [4.78, 5) is 32.7. The van der Waals surface area contributed by atoms with Crippen molar-refractivity contribution < 1.29 is 19.1 Å². The van der Waals surface area contributed by atoms with E-state index in [9.17, 15) is 9.59 Å². The van der Waals surface area contributed by atoms with Crippen LogP contribution < -0.4 is 0 Å². The van der Waals surface area contributed by atoms with Crippen molar-refractivity contribution in [2.24, 2.45) is 5.92 Å². The maximum atomic E-state index is 12.6. The lowest BCUT2D eigenvalue weighted by Gasteiger charge is -2.30. The predicted molar refractivity (Wildman–Crippen MR) is 88.9 cm³/mol. The third-order valence-corrected chi connectivity index (χ3v) is 5.38. The van der Waals surface area contributed by atoms with E-state index in [1.54, 1.807) is 4.90 Å². The van der Waals surface area contributed by atoms with Gasteiger partial charge in [0, 0.05) is 31.6 Å². The van der Waals surface area contributed by atoms with Gasteiger partial charge < -0.3 is 14.4 Å². The summed E-state index contributed by atoms with van der Waals surface area (Å²) in [5.74, 6) is -0.308. The molecule has 132 valence electrons. The van der Waals surface area contributed by atoms with Crippen molar-refractivity contribution in [3.63, 3.8) is 0 Å². The Bertz CT molecular complexity index is 578. The van der Waals surface area contributed by atoms with E-state index in [2.05, 4.69) is 9.88 Å². The number of thiazole rings is 1. The number of morpholine rings is 1. The molecule has 0 radical (unpaired) electrons. The molecule has 0 bridgehead atoms. The fourth-order valence-corrected chi connectivity index (χ4v) is 3.89. The predicted octanol–water partition coefficient (Wildman–Crippen LogP) is 1.00. The Morgan fingerprint density at radius 1 is 1.29 bits per heavy atom. The van der Waals surface area contributed by atoms with Crippen molar-refractivity contribution in [1.82, 2.24) is 14.8 Å². The molecule has 0 aromatic carbocycles. The number of carbonyl (C=O) groups excluding carboxylic acids is 2. The number of esters is 1. The van der Waals surface area contributed by atoms with Crippen molar-refractivity contribution in [2.75, 3.05) is 46.5 Å². The maximum Gasteiger partial charge on any atom is 0.308 e. The van der Waals surface area contributed by atoms with Gasteiger partial charge >= 0.3 is 5.97 Å². The average Bonchev–Trinajstić information content (AvgIpc) is 3.10. The smallest absolute Gasteiger partial charge is 0.308 e. The van der Waals surface area contributed by atoms with E-state index in [4.69, 9.17) is 9.47 Å². The summed E-state index contributed by atoms with van der Waals surface area (Å²) < 4.78 is 10.1. The SMILES string of the molecule is COC(=O)C1CCN(C(=O)c2csc(CN3CCOCC3)n2)CC1. The Labute approximate surface area is 145 Å². The summed E-state index contributed by atoms with van der Waals surface area (Å²) in [6, 6.07) is 0. The molecule has 3 heterocycles. The van der Waals surface area contributed by atoms with Crippen LogP contribution in [0.15, 0.2) is 5.38 Å². The highest BCUT2D eigenvalue weighted by Crippen LogP contribution is 2.21. The molecule has 2 aliphatic rings. The van der Waals surface area contributed by atoms with Crippen molar-refractivity contribution in [3.8, 4) is 0 Å². The highest BCUT2D eigenvalue weighted by Gasteiger charge is 2.29. The van der Waals surface area contributed by atoms with Gasteiger partial charge in [-0.1, -0.05) is 0 Å². The summed E-state index contributed by atoms with van der Waals surface area (Å²) >= 11 is 1.53. The maximum absolute atomic E-state index is 12.6. The first-order valence-corrected chi connectivity index (χ1v) is 9.17. The molecule has 1 amide bonds. The Morgan fingerprint density at radius 3 is 2.67 bits per heavy atom. The van der Waals surface area contributed by atoms with Crippen LogP contribution in [0.1, 0.15) is 28.3 Å². The van der Waals surface area contributed by atoms with Crippen LogP contribution in [0.3, 0.4) is 0 Å². The number of piperidine rings is 1. The number of amides is 1. The van der Waals surface area contributed by atoms with Gasteiger partial charge in [-0.05, 0) is 12.8 Å². The first-order chi connectivity index (χ1) is 11.7. The molecule has 2 fully saturated rings. The summed E-state index contributed by atoms with van der Waals surface area (Å²) in [6.07, 6.45) is 1.31. The molecular formula is C16H23N3O4S. The van der Waals surface area contributed by atoms with Gasteiger partial charge in [0.15, 0.2) is 0 Å². The highest BCUT2D eigenvalue weighted by atomic mass is 32.1. The molecule has 0 spiro atoms. The standard InChI is InChI=1S/C16H23N3O4S/c1-22-16(21)12-2-4-19(5-3-12)15(20)13-11-24-14(17-13)10-18-6-8-23-9-7-18/h11-12H,2-10H2,1H3. The molecule has 2 saturated heterocycles. The molecule has 1 aromatic heterocycles. The van der Waals surface area contributed by atoms with E-state index in [-0.39, 0.29) is 17.8 Å². The van der Waals surface area contributed by atoms with Gasteiger partial charge in [0.25, 0.3) is 5.91 Å². The van der Waals surface area contributed by atoms with Crippen LogP contribution in [-0.4, -0.2) is 73.2 Å². The molecule has 8 heteroatoms. The number of hydrogen-bond donors (Lipinski definition) is 0. The van der Waals surface area contributed by atoms with Gasteiger partial charge in [0.05, 0.1) is 32.8 Å². The van der Waals surface area contributed by atoms with Crippen LogP contribution in [0.2, 0.25) is 0 Å². The van der Waals surface area contributed by atoms with E-state index < -0.39 is 0 Å². The number of likely N-dealkylation sites (tertiary alicyclic amines) is 1. The van der Waals surface area contributed by atoms with Crippen LogP contribution in [0, 0.1) is 5.92 Å². The van der Waals surface area contributed by atoms with Crippen molar-refractivity contribution in [3.05, 3.63) is 16.1 Å². The fraction of sp³-hybridized carbons (Fsp3) is 0.688. The van der Waals surface area contributed by atoms with Gasteiger partial charge in [-0.2, -0.15) is 0 Å². The normalized spacial score (nSPS) is 20.1. The van der Waals surface area contributed by atoms with Crippen LogP contribution in [0.4, 0.5) is 0 Å². The monoisotopic (exact) mass is 353 g/mol. The number of ether oxygens (including phenoxy) is 2. The molecule has 0 unspecified atom stereocenters. The molecule has 0 N–H and O–H groups in total. The fourth-order valence-electron chi connectivity index (χ4n) is 3.08. The van der Waals surface area contributed by atoms with Crippen LogP contribution in [0.5, 0.6) is 0 Å². The average molecular weight is 353 g/mol. The second-order valence-corrected chi connectivity index (χ2v) is 7.05. The first-order valence-electron chi connectivity index (χ1n) is 8.29. The lowest BCUT2D eigenvalue weighted by molar-refractivity contribution is -0.146. The van der Waals surface area contributed by atoms with Gasteiger partial charge in [0.2, 0.25) is 0 Å². The van der Waals surface area contributed by atoms with Crippen molar-refractivity contribution >= 4 is 23.2 Å². The van der Waals surface area contributed by atoms with Crippen LogP contribution in [0.25, 0.3) is 0 Å². The van der Waals surface area contributed by atoms with Gasteiger partial charge in [-0.3, -0.25) is 14.5 Å². The molecule has 1 aromatic rings. The van der Waals surface area contributed by atoms with E-state index in [1.165, 1.54) is 18.4 Å². The van der Waals surface area contributed by atoms with Crippen LogP contribution in [-0.2, 0) is 20.8 Å². The van der Waals surface area contributed by atoms with E-state index >= 15 is 0 Å². The molecule has 2 aliphatic heterocycles. The topological polar surface area (TPSA) is 72.0 Å². The zero-order chi connectivity index (χ0) is 16.9. The van der Waals surface area contributed by atoms with E-state index in [0.29, 0.717) is 31.6 Å². The molecule has 0 saturated carbocycles. The van der Waals surface area contributed by atoms with Crippen LogP contribution >= 0.6 is 11.3 Å². The minimum Gasteiger partial charge on any atom is -0.469 e. The van der Waals surface area contributed by atoms with Crippen molar-refractivity contribution in [2.45, 2.75) is 19.4 Å². The first kappa shape index (κ1) is 17.3. The molecule has 7 nitrogen and oxygen atoms in total. The Morgan fingerprint density at radius 2 is 2.00 bits per heavy atom. The minimum absolute atomic E-state index is 0.0391. The quantitative estimate of drug-likeness (QED) is 0.752. The second-order valence-electron chi connectivity index (χ2n) is 6.10. The van der Waals surface area contributed by atoms with E-state index in [1.807, 2.05) is 5.38 Å². The Balaban J connectivity index is 1.53. The van der Waals surface area contributed by atoms with Gasteiger partial charge in [0.1, 0.15) is 10.7 Å². The van der Waals surface area contributed by atoms with Gasteiger partial charge in [-0.25, -0.2) is 4.98 Å². The number of rotatable bonds is 4. The summed E-state index contributed by atoms with van der Waals surface area (Å²) in [5.41, 5.74) is 0.514. The van der Waals surface area contributed by atoms with E-state index in [0.717, 1.165) is 37.9 Å². The number of nitrogens with zero attached hydrogens (tertiary/aromatic N) is 3. The largest absolute Gasteiger partial charge is 0.469 e. The molecule has 0 atom stereocenters. The number of hydrogen-bond acceptors (Lipinski definition) is 7. The molecule has 24 heavy (non-hydrogen) atoms. The minimum atomic E-state index is -0.177. The number of aromatic nitrogens is 1. The zero-order valence-corrected chi connectivity index (χ0v) is 14.7. The Kier molecular flexibility index (Phi) is 5.80. The third kappa shape index (κ3) is 4.12.